The lowest BCUT2D eigenvalue weighted by Gasteiger charge is -2.07. The molecule has 0 fully saturated rings. The van der Waals surface area contributed by atoms with Crippen LogP contribution in [0.4, 0.5) is 0 Å². The summed E-state index contributed by atoms with van der Waals surface area (Å²) in [5.74, 6) is 0. The van der Waals surface area contributed by atoms with Gasteiger partial charge < -0.3 is 4.57 Å². The van der Waals surface area contributed by atoms with Crippen molar-refractivity contribution in [2.45, 2.75) is 26.3 Å². The first-order valence-corrected chi connectivity index (χ1v) is 6.83. The van der Waals surface area contributed by atoms with E-state index < -0.39 is 0 Å². The minimum atomic E-state index is -0.183. The highest BCUT2D eigenvalue weighted by atomic mass is 32.1. The number of nitrogens with zero attached hydrogens (tertiary/aromatic N) is 2. The first kappa shape index (κ1) is 12.6. The average Bonchev–Trinajstić information content (AvgIpc) is 2.90. The molecule has 0 aliphatic heterocycles. The van der Waals surface area contributed by atoms with Crippen LogP contribution in [0.1, 0.15) is 25.3 Å². The molecule has 2 aromatic rings. The third kappa shape index (κ3) is 2.36. The SMILES string of the molecule is CCCCn1ccc(-c2cccs2)c(C#N)c1=O. The van der Waals surface area contributed by atoms with Gasteiger partial charge in [-0.15, -0.1) is 11.3 Å². The van der Waals surface area contributed by atoms with E-state index in [0.29, 0.717) is 6.54 Å². The summed E-state index contributed by atoms with van der Waals surface area (Å²) in [5.41, 5.74) is 0.804. The normalized spacial score (nSPS) is 10.2. The zero-order valence-corrected chi connectivity index (χ0v) is 11.0. The van der Waals surface area contributed by atoms with Crippen molar-refractivity contribution in [1.29, 1.82) is 5.26 Å². The second-order valence-electron chi connectivity index (χ2n) is 4.05. The van der Waals surface area contributed by atoms with Crippen LogP contribution in [-0.2, 0) is 6.54 Å². The fourth-order valence-corrected chi connectivity index (χ4v) is 2.58. The maximum atomic E-state index is 12.2. The molecular weight excluding hydrogens is 244 g/mol. The lowest BCUT2D eigenvalue weighted by molar-refractivity contribution is 0.612. The van der Waals surface area contributed by atoms with E-state index >= 15 is 0 Å². The molecule has 18 heavy (non-hydrogen) atoms. The summed E-state index contributed by atoms with van der Waals surface area (Å²) in [6.07, 6.45) is 3.76. The van der Waals surface area contributed by atoms with Crippen LogP contribution in [0.3, 0.4) is 0 Å². The van der Waals surface area contributed by atoms with E-state index in [9.17, 15) is 10.1 Å². The smallest absolute Gasteiger partial charge is 0.269 e. The Bertz CT molecular complexity index is 620. The molecule has 0 bridgehead atoms. The summed E-state index contributed by atoms with van der Waals surface area (Å²) < 4.78 is 1.62. The summed E-state index contributed by atoms with van der Waals surface area (Å²) >= 11 is 1.54. The van der Waals surface area contributed by atoms with Gasteiger partial charge in [0.05, 0.1) is 0 Å². The van der Waals surface area contributed by atoms with Crippen LogP contribution in [0, 0.1) is 11.3 Å². The molecule has 92 valence electrons. The van der Waals surface area contributed by atoms with Gasteiger partial charge in [-0.25, -0.2) is 0 Å². The summed E-state index contributed by atoms with van der Waals surface area (Å²) in [4.78, 5) is 13.1. The average molecular weight is 258 g/mol. The Labute approximate surface area is 110 Å². The molecule has 0 amide bonds. The van der Waals surface area contributed by atoms with Crippen molar-refractivity contribution in [3.8, 4) is 16.5 Å². The van der Waals surface area contributed by atoms with Gasteiger partial charge in [0, 0.05) is 23.2 Å². The number of hydrogen-bond donors (Lipinski definition) is 0. The standard InChI is InChI=1S/C14H14N2OS/c1-2-3-7-16-8-6-11(12(10-15)14(16)17)13-5-4-9-18-13/h4-6,8-9H,2-3,7H2,1H3. The van der Waals surface area contributed by atoms with Crippen molar-refractivity contribution < 1.29 is 0 Å². The Morgan fingerprint density at radius 2 is 2.28 bits per heavy atom. The molecule has 2 heterocycles. The van der Waals surface area contributed by atoms with Crippen LogP contribution in [0.5, 0.6) is 0 Å². The van der Waals surface area contributed by atoms with Gasteiger partial charge in [-0.1, -0.05) is 19.4 Å². The van der Waals surface area contributed by atoms with E-state index in [0.717, 1.165) is 23.3 Å². The van der Waals surface area contributed by atoms with Gasteiger partial charge in [0.1, 0.15) is 11.6 Å². The van der Waals surface area contributed by atoms with Crippen LogP contribution in [0.2, 0.25) is 0 Å². The van der Waals surface area contributed by atoms with Crippen molar-refractivity contribution in [3.63, 3.8) is 0 Å². The van der Waals surface area contributed by atoms with E-state index in [1.54, 1.807) is 10.8 Å². The minimum absolute atomic E-state index is 0.183. The Morgan fingerprint density at radius 3 is 2.89 bits per heavy atom. The van der Waals surface area contributed by atoms with Gasteiger partial charge in [-0.3, -0.25) is 4.79 Å². The summed E-state index contributed by atoms with van der Waals surface area (Å²) in [7, 11) is 0. The molecule has 0 N–H and O–H groups in total. The molecule has 0 aromatic carbocycles. The van der Waals surface area contributed by atoms with Crippen LogP contribution < -0.4 is 5.56 Å². The lowest BCUT2D eigenvalue weighted by atomic mass is 10.1. The highest BCUT2D eigenvalue weighted by Crippen LogP contribution is 2.25. The van der Waals surface area contributed by atoms with Gasteiger partial charge in [-0.2, -0.15) is 5.26 Å². The molecule has 0 saturated carbocycles. The topological polar surface area (TPSA) is 45.8 Å². The predicted octanol–water partition coefficient (Wildman–Crippen LogP) is 3.25. The van der Waals surface area contributed by atoms with Crippen molar-refractivity contribution >= 4 is 11.3 Å². The first-order valence-electron chi connectivity index (χ1n) is 5.95. The van der Waals surface area contributed by atoms with E-state index in [4.69, 9.17) is 0 Å². The third-order valence-electron chi connectivity index (χ3n) is 2.82. The predicted molar refractivity (Wildman–Crippen MR) is 73.6 cm³/mol. The molecule has 0 spiro atoms. The van der Waals surface area contributed by atoms with Gasteiger partial charge in [0.2, 0.25) is 0 Å². The number of pyridine rings is 1. The van der Waals surface area contributed by atoms with E-state index in [1.807, 2.05) is 29.6 Å². The molecule has 0 atom stereocenters. The van der Waals surface area contributed by atoms with E-state index in [-0.39, 0.29) is 11.1 Å². The number of hydrogen-bond acceptors (Lipinski definition) is 3. The second kappa shape index (κ2) is 5.65. The molecule has 0 saturated heterocycles. The molecule has 0 aliphatic carbocycles. The minimum Gasteiger partial charge on any atom is -0.314 e. The second-order valence-corrected chi connectivity index (χ2v) is 4.99. The number of nitriles is 1. The molecule has 0 unspecified atom stereocenters. The lowest BCUT2D eigenvalue weighted by Crippen LogP contribution is -2.22. The largest absolute Gasteiger partial charge is 0.314 e. The highest BCUT2D eigenvalue weighted by Gasteiger charge is 2.11. The Hall–Kier alpha value is -1.86. The third-order valence-corrected chi connectivity index (χ3v) is 3.72. The zero-order valence-electron chi connectivity index (χ0n) is 10.2. The molecule has 0 aliphatic rings. The summed E-state index contributed by atoms with van der Waals surface area (Å²) in [6.45, 7) is 2.75. The number of unbranched alkanes of at least 4 members (excludes halogenated alkanes) is 1. The summed E-state index contributed by atoms with van der Waals surface area (Å²) in [5, 5.41) is 11.1. The Kier molecular flexibility index (Phi) is 3.96. The highest BCUT2D eigenvalue weighted by molar-refractivity contribution is 7.13. The van der Waals surface area contributed by atoms with Crippen LogP contribution >= 0.6 is 11.3 Å². The van der Waals surface area contributed by atoms with Crippen LogP contribution in [-0.4, -0.2) is 4.57 Å². The molecule has 2 aromatic heterocycles. The van der Waals surface area contributed by atoms with Crippen molar-refractivity contribution in [2.24, 2.45) is 0 Å². The van der Waals surface area contributed by atoms with Crippen LogP contribution in [0.25, 0.3) is 10.4 Å². The number of aryl methyl sites for hydroxylation is 1. The fraction of sp³-hybridized carbons (Fsp3) is 0.286. The first-order chi connectivity index (χ1) is 8.77. The molecular formula is C14H14N2OS. The quantitative estimate of drug-likeness (QED) is 0.845. The maximum absolute atomic E-state index is 12.2. The fourth-order valence-electron chi connectivity index (χ4n) is 1.82. The van der Waals surface area contributed by atoms with Crippen molar-refractivity contribution in [2.75, 3.05) is 0 Å². The summed E-state index contributed by atoms with van der Waals surface area (Å²) in [6, 6.07) is 7.75. The van der Waals surface area contributed by atoms with Gasteiger partial charge in [0.25, 0.3) is 5.56 Å². The van der Waals surface area contributed by atoms with Gasteiger partial charge in [-0.05, 0) is 23.9 Å². The maximum Gasteiger partial charge on any atom is 0.269 e. The van der Waals surface area contributed by atoms with E-state index in [1.165, 1.54) is 11.3 Å². The number of aromatic nitrogens is 1. The van der Waals surface area contributed by atoms with Crippen molar-refractivity contribution in [3.05, 3.63) is 45.7 Å². The Morgan fingerprint density at radius 1 is 1.44 bits per heavy atom. The molecule has 3 nitrogen and oxygen atoms in total. The van der Waals surface area contributed by atoms with Gasteiger partial charge >= 0.3 is 0 Å². The molecule has 4 heteroatoms. The number of thiophene rings is 1. The Balaban J connectivity index is 2.50. The van der Waals surface area contributed by atoms with E-state index in [2.05, 4.69) is 6.92 Å². The van der Waals surface area contributed by atoms with Gasteiger partial charge in [0.15, 0.2) is 0 Å². The zero-order chi connectivity index (χ0) is 13.0. The monoisotopic (exact) mass is 258 g/mol. The molecule has 0 radical (unpaired) electrons. The number of rotatable bonds is 4. The van der Waals surface area contributed by atoms with Crippen molar-refractivity contribution in [1.82, 2.24) is 4.57 Å². The molecule has 2 rings (SSSR count). The van der Waals surface area contributed by atoms with Crippen LogP contribution in [0.15, 0.2) is 34.6 Å².